The minimum Gasteiger partial charge on any atom is -0.480 e. The van der Waals surface area contributed by atoms with Gasteiger partial charge < -0.3 is 20.3 Å². The maximum atomic E-state index is 11.7. The predicted molar refractivity (Wildman–Crippen MR) is 69.5 cm³/mol. The van der Waals surface area contributed by atoms with Crippen LogP contribution in [0.1, 0.15) is 26.1 Å². The summed E-state index contributed by atoms with van der Waals surface area (Å²) in [6, 6.07) is -1.39. The van der Waals surface area contributed by atoms with Gasteiger partial charge in [-0.25, -0.2) is 14.6 Å². The Labute approximate surface area is 112 Å². The third kappa shape index (κ3) is 4.27. The highest BCUT2D eigenvalue weighted by atomic mass is 16.4. The Bertz CT molecular complexity index is 444. The Morgan fingerprint density at radius 2 is 2.21 bits per heavy atom. The molecule has 19 heavy (non-hydrogen) atoms. The maximum Gasteiger partial charge on any atom is 0.326 e. The van der Waals surface area contributed by atoms with Gasteiger partial charge >= 0.3 is 12.0 Å². The molecule has 2 atom stereocenters. The Morgan fingerprint density at radius 3 is 2.68 bits per heavy atom. The number of aliphatic carboxylic acids is 1. The number of carboxylic acid groups (broad SMARTS) is 1. The molecule has 1 aromatic rings. The lowest BCUT2D eigenvalue weighted by Gasteiger charge is -2.20. The van der Waals surface area contributed by atoms with E-state index in [2.05, 4.69) is 15.6 Å². The molecule has 1 rings (SSSR count). The van der Waals surface area contributed by atoms with Gasteiger partial charge in [0.25, 0.3) is 0 Å². The number of amides is 2. The lowest BCUT2D eigenvalue weighted by Crippen LogP contribution is -2.49. The molecule has 0 fully saturated rings. The number of carbonyl (C=O) groups is 2. The number of nitrogens with zero attached hydrogens (tertiary/aromatic N) is 2. The van der Waals surface area contributed by atoms with Crippen LogP contribution in [0.2, 0.25) is 0 Å². The van der Waals surface area contributed by atoms with Crippen LogP contribution in [0.15, 0.2) is 12.4 Å². The molecule has 1 heterocycles. The van der Waals surface area contributed by atoms with Crippen molar-refractivity contribution in [2.24, 2.45) is 13.0 Å². The Kier molecular flexibility index (Phi) is 5.35. The van der Waals surface area contributed by atoms with E-state index in [1.165, 1.54) is 0 Å². The van der Waals surface area contributed by atoms with Gasteiger partial charge in [-0.2, -0.15) is 0 Å². The van der Waals surface area contributed by atoms with Crippen LogP contribution in [-0.2, 0) is 18.4 Å². The first-order valence-electron chi connectivity index (χ1n) is 6.19. The lowest BCUT2D eigenvalue weighted by atomic mass is 9.99. The van der Waals surface area contributed by atoms with Crippen LogP contribution in [0, 0.1) is 5.92 Å². The van der Waals surface area contributed by atoms with Crippen molar-refractivity contribution in [1.82, 2.24) is 20.2 Å². The molecule has 0 saturated heterocycles. The van der Waals surface area contributed by atoms with Crippen molar-refractivity contribution in [3.8, 4) is 0 Å². The number of hydrogen-bond donors (Lipinski definition) is 3. The van der Waals surface area contributed by atoms with E-state index in [0.717, 1.165) is 0 Å². The number of carboxylic acids is 1. The summed E-state index contributed by atoms with van der Waals surface area (Å²) in [5.74, 6) is -0.455. The minimum atomic E-state index is -1.03. The van der Waals surface area contributed by atoms with E-state index in [1.54, 1.807) is 23.9 Å². The Morgan fingerprint density at radius 1 is 1.53 bits per heavy atom. The van der Waals surface area contributed by atoms with Gasteiger partial charge in [0.1, 0.15) is 11.9 Å². The molecule has 0 aliphatic heterocycles. The van der Waals surface area contributed by atoms with Crippen LogP contribution in [0.25, 0.3) is 0 Å². The van der Waals surface area contributed by atoms with E-state index in [4.69, 9.17) is 5.11 Å². The molecular formula is C12H20N4O3. The maximum absolute atomic E-state index is 11.7. The average Bonchev–Trinajstić information content (AvgIpc) is 2.77. The number of aromatic nitrogens is 2. The first-order valence-corrected chi connectivity index (χ1v) is 6.19. The third-order valence-corrected chi connectivity index (χ3v) is 3.09. The Hall–Kier alpha value is -2.05. The molecule has 3 N–H and O–H groups in total. The first kappa shape index (κ1) is 15.0. The smallest absolute Gasteiger partial charge is 0.326 e. The fourth-order valence-electron chi connectivity index (χ4n) is 1.60. The SMILES string of the molecule is CCC(C)[C@H](NC(=O)NCc1nccn1C)C(=O)O. The van der Waals surface area contributed by atoms with Crippen molar-refractivity contribution in [1.29, 1.82) is 0 Å². The zero-order chi connectivity index (χ0) is 14.4. The molecular weight excluding hydrogens is 248 g/mol. The largest absolute Gasteiger partial charge is 0.480 e. The topological polar surface area (TPSA) is 96.3 Å². The standard InChI is InChI=1S/C12H20N4O3/c1-4-8(2)10(11(17)18)15-12(19)14-7-9-13-5-6-16(9)3/h5-6,8,10H,4,7H2,1-3H3,(H,17,18)(H2,14,15,19)/t8?,10-/m0/s1. The number of aryl methyl sites for hydroxylation is 1. The Balaban J connectivity index is 2.49. The van der Waals surface area contributed by atoms with Crippen LogP contribution in [-0.4, -0.2) is 32.7 Å². The molecule has 1 aromatic heterocycles. The van der Waals surface area contributed by atoms with Crippen LogP contribution in [0.3, 0.4) is 0 Å². The van der Waals surface area contributed by atoms with Gasteiger partial charge in [-0.15, -0.1) is 0 Å². The summed E-state index contributed by atoms with van der Waals surface area (Å²) >= 11 is 0. The van der Waals surface area contributed by atoms with Gasteiger partial charge in [0.05, 0.1) is 6.54 Å². The third-order valence-electron chi connectivity index (χ3n) is 3.09. The van der Waals surface area contributed by atoms with E-state index in [9.17, 15) is 9.59 Å². The molecule has 0 radical (unpaired) electrons. The second-order valence-corrected chi connectivity index (χ2v) is 4.48. The van der Waals surface area contributed by atoms with Crippen LogP contribution < -0.4 is 10.6 Å². The summed E-state index contributed by atoms with van der Waals surface area (Å²) in [4.78, 5) is 26.8. The molecule has 0 aromatic carbocycles. The van der Waals surface area contributed by atoms with Crippen molar-refractivity contribution in [3.63, 3.8) is 0 Å². The number of urea groups is 1. The summed E-state index contributed by atoms with van der Waals surface area (Å²) in [7, 11) is 1.82. The number of hydrogen-bond acceptors (Lipinski definition) is 3. The van der Waals surface area contributed by atoms with Gasteiger partial charge in [0, 0.05) is 19.4 Å². The number of rotatable bonds is 6. The van der Waals surface area contributed by atoms with Gasteiger partial charge in [-0.3, -0.25) is 0 Å². The van der Waals surface area contributed by atoms with Crippen LogP contribution >= 0.6 is 0 Å². The molecule has 0 bridgehead atoms. The number of carbonyl (C=O) groups excluding carboxylic acids is 1. The van der Waals surface area contributed by atoms with Crippen molar-refractivity contribution >= 4 is 12.0 Å². The highest BCUT2D eigenvalue weighted by Crippen LogP contribution is 2.07. The number of imidazole rings is 1. The second-order valence-electron chi connectivity index (χ2n) is 4.48. The zero-order valence-electron chi connectivity index (χ0n) is 11.4. The summed E-state index contributed by atoms with van der Waals surface area (Å²) in [6.07, 6.45) is 4.08. The molecule has 0 aliphatic rings. The predicted octanol–water partition coefficient (Wildman–Crippen LogP) is 0.719. The average molecular weight is 268 g/mol. The second kappa shape index (κ2) is 6.77. The molecule has 7 heteroatoms. The molecule has 1 unspecified atom stereocenters. The quantitative estimate of drug-likeness (QED) is 0.708. The minimum absolute atomic E-state index is 0.128. The van der Waals surface area contributed by atoms with Gasteiger partial charge in [0.2, 0.25) is 0 Å². The summed E-state index contributed by atoms with van der Waals surface area (Å²) in [5.41, 5.74) is 0. The zero-order valence-corrected chi connectivity index (χ0v) is 11.4. The van der Waals surface area contributed by atoms with Crippen molar-refractivity contribution < 1.29 is 14.7 Å². The number of nitrogens with one attached hydrogen (secondary N) is 2. The van der Waals surface area contributed by atoms with E-state index in [1.807, 2.05) is 14.0 Å². The monoisotopic (exact) mass is 268 g/mol. The van der Waals surface area contributed by atoms with Gasteiger partial charge in [0.15, 0.2) is 0 Å². The fraction of sp³-hybridized carbons (Fsp3) is 0.583. The lowest BCUT2D eigenvalue weighted by molar-refractivity contribution is -0.140. The van der Waals surface area contributed by atoms with Crippen molar-refractivity contribution in [2.75, 3.05) is 0 Å². The van der Waals surface area contributed by atoms with E-state index < -0.39 is 18.0 Å². The van der Waals surface area contributed by atoms with E-state index >= 15 is 0 Å². The summed E-state index contributed by atoms with van der Waals surface area (Å²) in [5, 5.41) is 14.1. The van der Waals surface area contributed by atoms with Crippen molar-refractivity contribution in [3.05, 3.63) is 18.2 Å². The normalized spacial score (nSPS) is 13.6. The van der Waals surface area contributed by atoms with Crippen LogP contribution in [0.5, 0.6) is 0 Å². The molecule has 0 spiro atoms. The summed E-state index contributed by atoms with van der Waals surface area (Å²) in [6.45, 7) is 3.92. The molecule has 106 valence electrons. The highest BCUT2D eigenvalue weighted by Gasteiger charge is 2.25. The first-order chi connectivity index (χ1) is 8.95. The van der Waals surface area contributed by atoms with Crippen LogP contribution in [0.4, 0.5) is 4.79 Å². The highest BCUT2D eigenvalue weighted by molar-refractivity contribution is 5.82. The molecule has 7 nitrogen and oxygen atoms in total. The molecule has 0 saturated carbocycles. The van der Waals surface area contributed by atoms with E-state index in [0.29, 0.717) is 12.2 Å². The summed E-state index contributed by atoms with van der Waals surface area (Å²) < 4.78 is 1.78. The van der Waals surface area contributed by atoms with E-state index in [-0.39, 0.29) is 12.5 Å². The van der Waals surface area contributed by atoms with Gasteiger partial charge in [-0.1, -0.05) is 20.3 Å². The molecule has 2 amide bonds. The molecule has 0 aliphatic carbocycles. The van der Waals surface area contributed by atoms with Crippen molar-refractivity contribution in [2.45, 2.75) is 32.9 Å². The fourth-order valence-corrected chi connectivity index (χ4v) is 1.60. The van der Waals surface area contributed by atoms with Gasteiger partial charge in [-0.05, 0) is 5.92 Å².